The molecule has 1 aromatic heterocycles. The highest BCUT2D eigenvalue weighted by Crippen LogP contribution is 2.34. The van der Waals surface area contributed by atoms with Crippen molar-refractivity contribution in [1.82, 2.24) is 4.98 Å². The molecular formula is C19H19ClN2S. The van der Waals surface area contributed by atoms with Crippen LogP contribution < -0.4 is 5.32 Å². The molecule has 2 aromatic carbocycles. The van der Waals surface area contributed by atoms with Crippen LogP contribution in [0.2, 0.25) is 5.02 Å². The van der Waals surface area contributed by atoms with Crippen molar-refractivity contribution in [3.05, 3.63) is 63.5 Å². The normalized spacial score (nSPS) is 10.8. The van der Waals surface area contributed by atoms with Gasteiger partial charge in [0, 0.05) is 21.2 Å². The molecule has 0 fully saturated rings. The summed E-state index contributed by atoms with van der Waals surface area (Å²) in [6.07, 6.45) is 0.962. The molecule has 0 amide bonds. The van der Waals surface area contributed by atoms with E-state index in [0.717, 1.165) is 33.5 Å². The maximum atomic E-state index is 5.99. The Labute approximate surface area is 146 Å². The molecule has 0 unspecified atom stereocenters. The van der Waals surface area contributed by atoms with Gasteiger partial charge in [0.05, 0.1) is 5.69 Å². The first-order chi connectivity index (χ1) is 11.1. The number of nitrogens with zero attached hydrogens (tertiary/aromatic N) is 1. The summed E-state index contributed by atoms with van der Waals surface area (Å²) in [5.74, 6) is 0. The van der Waals surface area contributed by atoms with Crippen molar-refractivity contribution in [2.45, 2.75) is 27.2 Å². The van der Waals surface area contributed by atoms with Crippen LogP contribution in [-0.2, 0) is 6.42 Å². The van der Waals surface area contributed by atoms with Crippen molar-refractivity contribution in [3.63, 3.8) is 0 Å². The van der Waals surface area contributed by atoms with E-state index in [-0.39, 0.29) is 0 Å². The zero-order valence-electron chi connectivity index (χ0n) is 13.5. The number of rotatable bonds is 4. The fourth-order valence-electron chi connectivity index (χ4n) is 2.55. The fourth-order valence-corrected chi connectivity index (χ4v) is 3.61. The summed E-state index contributed by atoms with van der Waals surface area (Å²) in [6.45, 7) is 6.38. The number of benzene rings is 2. The molecule has 2 nitrogen and oxygen atoms in total. The molecule has 0 bridgehead atoms. The van der Waals surface area contributed by atoms with Gasteiger partial charge in [-0.3, -0.25) is 0 Å². The van der Waals surface area contributed by atoms with Gasteiger partial charge in [-0.25, -0.2) is 4.98 Å². The van der Waals surface area contributed by atoms with Crippen LogP contribution in [0.5, 0.6) is 0 Å². The van der Waals surface area contributed by atoms with E-state index in [1.807, 2.05) is 24.3 Å². The van der Waals surface area contributed by atoms with Crippen LogP contribution in [0.3, 0.4) is 0 Å². The summed E-state index contributed by atoms with van der Waals surface area (Å²) in [6, 6.07) is 14.3. The maximum Gasteiger partial charge on any atom is 0.187 e. The minimum absolute atomic E-state index is 0.746. The van der Waals surface area contributed by atoms with Gasteiger partial charge >= 0.3 is 0 Å². The lowest BCUT2D eigenvalue weighted by molar-refractivity contribution is 1.17. The van der Waals surface area contributed by atoms with Gasteiger partial charge < -0.3 is 5.32 Å². The van der Waals surface area contributed by atoms with Crippen LogP contribution in [0, 0.1) is 13.8 Å². The predicted octanol–water partition coefficient (Wildman–Crippen LogP) is 6.39. The van der Waals surface area contributed by atoms with Gasteiger partial charge in [0.2, 0.25) is 0 Å². The molecule has 0 aliphatic heterocycles. The monoisotopic (exact) mass is 342 g/mol. The SMILES string of the molecule is CCc1sc(Nc2ccc(C)cc2C)nc1-c1ccc(Cl)cc1. The highest BCUT2D eigenvalue weighted by atomic mass is 35.5. The summed E-state index contributed by atoms with van der Waals surface area (Å²) in [5, 5.41) is 5.13. The number of aromatic nitrogens is 1. The second-order valence-corrected chi connectivity index (χ2v) is 7.11. The van der Waals surface area contributed by atoms with E-state index in [2.05, 4.69) is 44.3 Å². The molecule has 0 saturated carbocycles. The fraction of sp³-hybridized carbons (Fsp3) is 0.211. The molecule has 4 heteroatoms. The van der Waals surface area contributed by atoms with Gasteiger partial charge in [0.1, 0.15) is 0 Å². The molecule has 23 heavy (non-hydrogen) atoms. The first-order valence-electron chi connectivity index (χ1n) is 7.66. The third-order valence-corrected chi connectivity index (χ3v) is 5.13. The number of thiazole rings is 1. The molecule has 0 radical (unpaired) electrons. The highest BCUT2D eigenvalue weighted by Gasteiger charge is 2.12. The lowest BCUT2D eigenvalue weighted by atomic mass is 10.1. The lowest BCUT2D eigenvalue weighted by Gasteiger charge is -2.07. The predicted molar refractivity (Wildman–Crippen MR) is 101 cm³/mol. The molecule has 1 N–H and O–H groups in total. The van der Waals surface area contributed by atoms with E-state index in [4.69, 9.17) is 16.6 Å². The van der Waals surface area contributed by atoms with Crippen molar-refractivity contribution in [1.29, 1.82) is 0 Å². The Hall–Kier alpha value is -1.84. The summed E-state index contributed by atoms with van der Waals surface area (Å²) in [5.41, 5.74) is 5.75. The molecule has 0 aliphatic carbocycles. The molecule has 0 saturated heterocycles. The third-order valence-electron chi connectivity index (χ3n) is 3.76. The molecule has 1 heterocycles. The van der Waals surface area contributed by atoms with Crippen molar-refractivity contribution in [3.8, 4) is 11.3 Å². The molecule has 3 rings (SSSR count). The van der Waals surface area contributed by atoms with E-state index >= 15 is 0 Å². The van der Waals surface area contributed by atoms with Crippen LogP contribution in [0.15, 0.2) is 42.5 Å². The van der Waals surface area contributed by atoms with Gasteiger partial charge in [0.15, 0.2) is 5.13 Å². The number of nitrogens with one attached hydrogen (secondary N) is 1. The lowest BCUT2D eigenvalue weighted by Crippen LogP contribution is -1.93. The quantitative estimate of drug-likeness (QED) is 0.594. The second-order valence-electron chi connectivity index (χ2n) is 5.59. The Bertz CT molecular complexity index is 822. The highest BCUT2D eigenvalue weighted by molar-refractivity contribution is 7.16. The van der Waals surface area contributed by atoms with Crippen LogP contribution in [-0.4, -0.2) is 4.98 Å². The van der Waals surface area contributed by atoms with Crippen LogP contribution in [0.25, 0.3) is 11.3 Å². The van der Waals surface area contributed by atoms with E-state index in [1.165, 1.54) is 16.0 Å². The largest absolute Gasteiger partial charge is 0.331 e. The summed E-state index contributed by atoms with van der Waals surface area (Å²) >= 11 is 7.70. The second kappa shape index (κ2) is 6.73. The van der Waals surface area contributed by atoms with E-state index in [1.54, 1.807) is 11.3 Å². The van der Waals surface area contributed by atoms with E-state index < -0.39 is 0 Å². The van der Waals surface area contributed by atoms with Gasteiger partial charge in [-0.1, -0.05) is 48.4 Å². The first-order valence-corrected chi connectivity index (χ1v) is 8.86. The Kier molecular flexibility index (Phi) is 4.69. The standard InChI is InChI=1S/C19H19ClN2S/c1-4-17-18(14-6-8-15(20)9-7-14)22-19(23-17)21-16-10-5-12(2)11-13(16)3/h5-11H,4H2,1-3H3,(H,21,22). The molecular weight excluding hydrogens is 324 g/mol. The van der Waals surface area contributed by atoms with E-state index in [0.29, 0.717) is 0 Å². The van der Waals surface area contributed by atoms with Crippen molar-refractivity contribution in [2.75, 3.05) is 5.32 Å². The van der Waals surface area contributed by atoms with Gasteiger partial charge in [-0.05, 0) is 44.0 Å². The van der Waals surface area contributed by atoms with Crippen LogP contribution in [0.1, 0.15) is 22.9 Å². The molecule has 0 aliphatic rings. The zero-order valence-corrected chi connectivity index (χ0v) is 15.1. The topological polar surface area (TPSA) is 24.9 Å². The molecule has 3 aromatic rings. The number of halogens is 1. The number of hydrogen-bond acceptors (Lipinski definition) is 3. The smallest absolute Gasteiger partial charge is 0.187 e. The number of aryl methyl sites for hydroxylation is 3. The number of hydrogen-bond donors (Lipinski definition) is 1. The first kappa shape index (κ1) is 16.0. The Morgan fingerprint density at radius 2 is 1.83 bits per heavy atom. The van der Waals surface area contributed by atoms with Crippen LogP contribution in [0.4, 0.5) is 10.8 Å². The summed E-state index contributed by atoms with van der Waals surface area (Å²) < 4.78 is 0. The Morgan fingerprint density at radius 3 is 2.48 bits per heavy atom. The third kappa shape index (κ3) is 3.57. The average Bonchev–Trinajstić information content (AvgIpc) is 2.94. The van der Waals surface area contributed by atoms with Crippen molar-refractivity contribution < 1.29 is 0 Å². The maximum absolute atomic E-state index is 5.99. The minimum Gasteiger partial charge on any atom is -0.331 e. The van der Waals surface area contributed by atoms with Crippen LogP contribution >= 0.6 is 22.9 Å². The minimum atomic E-state index is 0.746. The van der Waals surface area contributed by atoms with Crippen molar-refractivity contribution in [2.24, 2.45) is 0 Å². The molecule has 0 spiro atoms. The Balaban J connectivity index is 1.94. The molecule has 118 valence electrons. The molecule has 0 atom stereocenters. The number of anilines is 2. The van der Waals surface area contributed by atoms with Gasteiger partial charge in [0.25, 0.3) is 0 Å². The average molecular weight is 343 g/mol. The van der Waals surface area contributed by atoms with Gasteiger partial charge in [-0.15, -0.1) is 11.3 Å². The zero-order chi connectivity index (χ0) is 16.4. The summed E-state index contributed by atoms with van der Waals surface area (Å²) in [7, 11) is 0. The van der Waals surface area contributed by atoms with Gasteiger partial charge in [-0.2, -0.15) is 0 Å². The summed E-state index contributed by atoms with van der Waals surface area (Å²) in [4.78, 5) is 6.08. The van der Waals surface area contributed by atoms with E-state index in [9.17, 15) is 0 Å². The van der Waals surface area contributed by atoms with Crippen molar-refractivity contribution >= 4 is 33.8 Å². The Morgan fingerprint density at radius 1 is 1.09 bits per heavy atom.